The molecule has 1 aliphatic carbocycles. The lowest BCUT2D eigenvalue weighted by molar-refractivity contribution is 0.167. The van der Waals surface area contributed by atoms with Gasteiger partial charge in [-0.05, 0) is 24.2 Å². The Bertz CT molecular complexity index is 137. The summed E-state index contributed by atoms with van der Waals surface area (Å²) in [6, 6.07) is 0. The summed E-state index contributed by atoms with van der Waals surface area (Å²) in [6.07, 6.45) is 9.11. The summed E-state index contributed by atoms with van der Waals surface area (Å²) >= 11 is 0. The monoisotopic (exact) mass is 152 g/mol. The molecule has 0 bridgehead atoms. The first-order chi connectivity index (χ1) is 5.23. The maximum atomic E-state index is 3.95. The van der Waals surface area contributed by atoms with Gasteiger partial charge in [0.1, 0.15) is 0 Å². The van der Waals surface area contributed by atoms with Crippen LogP contribution in [0.2, 0.25) is 0 Å². The molecule has 0 heterocycles. The van der Waals surface area contributed by atoms with Crippen LogP contribution < -0.4 is 0 Å². The van der Waals surface area contributed by atoms with Gasteiger partial charge in [0.25, 0.3) is 0 Å². The molecule has 11 heavy (non-hydrogen) atoms. The van der Waals surface area contributed by atoms with Crippen LogP contribution in [0, 0.1) is 11.3 Å². The Hall–Kier alpha value is -0.260. The van der Waals surface area contributed by atoms with E-state index in [1.165, 1.54) is 32.1 Å². The van der Waals surface area contributed by atoms with E-state index in [9.17, 15) is 0 Å². The van der Waals surface area contributed by atoms with Gasteiger partial charge in [-0.2, -0.15) is 0 Å². The standard InChI is InChI=1S/C11H20/c1-4-10-8-6-7-9-11(10,3)5-2/h5,10H,2,4,6-9H2,1,3H3. The summed E-state index contributed by atoms with van der Waals surface area (Å²) in [5.74, 6) is 0.897. The van der Waals surface area contributed by atoms with Gasteiger partial charge in [0.2, 0.25) is 0 Å². The highest BCUT2D eigenvalue weighted by Crippen LogP contribution is 2.43. The van der Waals surface area contributed by atoms with Crippen LogP contribution in [0.25, 0.3) is 0 Å². The number of rotatable bonds is 2. The molecule has 0 saturated heterocycles. The topological polar surface area (TPSA) is 0 Å². The fourth-order valence-electron chi connectivity index (χ4n) is 2.37. The zero-order valence-corrected chi connectivity index (χ0v) is 7.90. The molecule has 1 rings (SSSR count). The van der Waals surface area contributed by atoms with Gasteiger partial charge < -0.3 is 0 Å². The first-order valence-corrected chi connectivity index (χ1v) is 4.86. The van der Waals surface area contributed by atoms with E-state index in [1.54, 1.807) is 0 Å². The first-order valence-electron chi connectivity index (χ1n) is 4.86. The normalized spacial score (nSPS) is 38.5. The number of hydrogen-bond donors (Lipinski definition) is 0. The molecule has 0 N–H and O–H groups in total. The SMILES string of the molecule is C=CC1(C)CCCCC1CC. The van der Waals surface area contributed by atoms with E-state index < -0.39 is 0 Å². The summed E-state index contributed by atoms with van der Waals surface area (Å²) in [6.45, 7) is 8.63. The highest BCUT2D eigenvalue weighted by Gasteiger charge is 2.31. The maximum Gasteiger partial charge on any atom is -0.0121 e. The van der Waals surface area contributed by atoms with Crippen LogP contribution in [0.3, 0.4) is 0 Å². The van der Waals surface area contributed by atoms with E-state index >= 15 is 0 Å². The summed E-state index contributed by atoms with van der Waals surface area (Å²) < 4.78 is 0. The molecule has 1 fully saturated rings. The number of allylic oxidation sites excluding steroid dienone is 1. The average Bonchev–Trinajstić information content (AvgIpc) is 2.05. The van der Waals surface area contributed by atoms with Crippen LogP contribution in [0.1, 0.15) is 46.0 Å². The van der Waals surface area contributed by atoms with Crippen molar-refractivity contribution in [1.29, 1.82) is 0 Å². The Morgan fingerprint density at radius 3 is 2.73 bits per heavy atom. The van der Waals surface area contributed by atoms with Crippen molar-refractivity contribution in [2.75, 3.05) is 0 Å². The van der Waals surface area contributed by atoms with Crippen LogP contribution in [0.5, 0.6) is 0 Å². The van der Waals surface area contributed by atoms with Crippen LogP contribution in [0.15, 0.2) is 12.7 Å². The molecule has 0 radical (unpaired) electrons. The van der Waals surface area contributed by atoms with Crippen molar-refractivity contribution < 1.29 is 0 Å². The predicted molar refractivity (Wildman–Crippen MR) is 50.6 cm³/mol. The van der Waals surface area contributed by atoms with Gasteiger partial charge in [0.15, 0.2) is 0 Å². The fourth-order valence-corrected chi connectivity index (χ4v) is 2.37. The summed E-state index contributed by atoms with van der Waals surface area (Å²) in [5, 5.41) is 0. The fraction of sp³-hybridized carbons (Fsp3) is 0.818. The van der Waals surface area contributed by atoms with Gasteiger partial charge >= 0.3 is 0 Å². The van der Waals surface area contributed by atoms with Crippen molar-refractivity contribution >= 4 is 0 Å². The van der Waals surface area contributed by atoms with E-state index in [2.05, 4.69) is 26.5 Å². The molecule has 2 atom stereocenters. The third-order valence-electron chi connectivity index (χ3n) is 3.41. The molecule has 0 aliphatic heterocycles. The molecule has 1 saturated carbocycles. The van der Waals surface area contributed by atoms with Crippen molar-refractivity contribution in [3.63, 3.8) is 0 Å². The lowest BCUT2D eigenvalue weighted by Crippen LogP contribution is -2.28. The molecule has 0 nitrogen and oxygen atoms in total. The van der Waals surface area contributed by atoms with Gasteiger partial charge in [-0.3, -0.25) is 0 Å². The third-order valence-corrected chi connectivity index (χ3v) is 3.41. The number of hydrogen-bond acceptors (Lipinski definition) is 0. The molecule has 0 aromatic carbocycles. The molecule has 0 aromatic rings. The highest BCUT2D eigenvalue weighted by atomic mass is 14.4. The molecular weight excluding hydrogens is 132 g/mol. The Balaban J connectivity index is 2.64. The zero-order valence-electron chi connectivity index (χ0n) is 7.90. The molecule has 64 valence electrons. The van der Waals surface area contributed by atoms with Crippen LogP contribution >= 0.6 is 0 Å². The highest BCUT2D eigenvalue weighted by molar-refractivity contribution is 4.97. The van der Waals surface area contributed by atoms with Crippen LogP contribution in [0.4, 0.5) is 0 Å². The Morgan fingerprint density at radius 2 is 2.27 bits per heavy atom. The van der Waals surface area contributed by atoms with E-state index in [4.69, 9.17) is 0 Å². The second kappa shape index (κ2) is 3.42. The summed E-state index contributed by atoms with van der Waals surface area (Å²) in [4.78, 5) is 0. The Morgan fingerprint density at radius 1 is 1.55 bits per heavy atom. The second-order valence-electron chi connectivity index (χ2n) is 4.06. The van der Waals surface area contributed by atoms with Crippen molar-refractivity contribution in [3.8, 4) is 0 Å². The van der Waals surface area contributed by atoms with Gasteiger partial charge in [0, 0.05) is 0 Å². The quantitative estimate of drug-likeness (QED) is 0.528. The van der Waals surface area contributed by atoms with E-state index in [0.717, 1.165) is 5.92 Å². The third kappa shape index (κ3) is 1.66. The van der Waals surface area contributed by atoms with Crippen molar-refractivity contribution in [2.45, 2.75) is 46.0 Å². The summed E-state index contributed by atoms with van der Waals surface area (Å²) in [5.41, 5.74) is 0.451. The lowest BCUT2D eigenvalue weighted by Gasteiger charge is -2.38. The Kier molecular flexibility index (Phi) is 2.75. The minimum atomic E-state index is 0.451. The van der Waals surface area contributed by atoms with Crippen molar-refractivity contribution in [1.82, 2.24) is 0 Å². The van der Waals surface area contributed by atoms with Gasteiger partial charge in [-0.15, -0.1) is 6.58 Å². The molecule has 0 heteroatoms. The van der Waals surface area contributed by atoms with E-state index in [1.807, 2.05) is 0 Å². The molecule has 2 unspecified atom stereocenters. The first kappa shape index (κ1) is 8.83. The molecule has 0 amide bonds. The molecule has 0 spiro atoms. The average molecular weight is 152 g/mol. The largest absolute Gasteiger partial charge is 0.103 e. The minimum Gasteiger partial charge on any atom is -0.103 e. The van der Waals surface area contributed by atoms with Crippen molar-refractivity contribution in [2.24, 2.45) is 11.3 Å². The van der Waals surface area contributed by atoms with Crippen molar-refractivity contribution in [3.05, 3.63) is 12.7 Å². The zero-order chi connectivity index (χ0) is 8.32. The second-order valence-corrected chi connectivity index (χ2v) is 4.06. The van der Waals surface area contributed by atoms with Gasteiger partial charge in [0.05, 0.1) is 0 Å². The van der Waals surface area contributed by atoms with Crippen LogP contribution in [-0.2, 0) is 0 Å². The molecule has 0 aromatic heterocycles. The van der Waals surface area contributed by atoms with Gasteiger partial charge in [-0.1, -0.05) is 39.2 Å². The Labute approximate surface area is 70.7 Å². The van der Waals surface area contributed by atoms with Crippen LogP contribution in [-0.4, -0.2) is 0 Å². The van der Waals surface area contributed by atoms with Gasteiger partial charge in [-0.25, -0.2) is 0 Å². The molecule has 1 aliphatic rings. The minimum absolute atomic E-state index is 0.451. The molecular formula is C11H20. The maximum absolute atomic E-state index is 3.95. The van der Waals surface area contributed by atoms with E-state index in [0.29, 0.717) is 5.41 Å². The van der Waals surface area contributed by atoms with E-state index in [-0.39, 0.29) is 0 Å². The predicted octanol–water partition coefficient (Wildman–Crippen LogP) is 3.78. The smallest absolute Gasteiger partial charge is 0.0121 e. The lowest BCUT2D eigenvalue weighted by atomic mass is 9.67. The summed E-state index contributed by atoms with van der Waals surface area (Å²) in [7, 11) is 0.